The number of aliphatic hydroxyl groups is 3. The first-order valence-corrected chi connectivity index (χ1v) is 26.4. The van der Waals surface area contributed by atoms with Gasteiger partial charge in [0.15, 0.2) is 6.10 Å². The van der Waals surface area contributed by atoms with Gasteiger partial charge in [-0.2, -0.15) is 0 Å². The average Bonchev–Trinajstić information content (AvgIpc) is 3.25. The molecule has 0 aromatic carbocycles. The lowest BCUT2D eigenvalue weighted by atomic mass is 10.0. The largest absolute Gasteiger partial charge is 0.481 e. The number of hydrogen-bond donors (Lipinski definition) is 6. The minimum atomic E-state index is -4.78. The first kappa shape index (κ1) is 61.7. The standard InChI is InChI=1S/C48H86NO13PS/c1-4-5-6-7-8-9-10-15-18-21-24-27-32-45(44(52)31-29-33-46(53)54)64-39-43(49)48(56)62-42(38-61-63(57,58)60-36-41(51)35-50)37-59-47(55)34-28-25-22-19-16-13-11-12-14-17-20-23-26-30-40(2)3/h8-9,15,18,21,24,27,32,40-45,50-52H,4-7,10-14,16-17,19-20,22-23,25-26,28-31,33-39,49H2,1-3H3,(H,53,54)(H,57,58)/b9-8-,18-15-,24-21+,32-27+/t41-,42+,43-,44-,45+/m0/s1. The minimum Gasteiger partial charge on any atom is -0.481 e. The second-order valence-electron chi connectivity index (χ2n) is 16.8. The number of rotatable bonds is 44. The summed E-state index contributed by atoms with van der Waals surface area (Å²) in [5.41, 5.74) is 6.19. The molecule has 0 saturated carbocycles. The first-order chi connectivity index (χ1) is 30.7. The van der Waals surface area contributed by atoms with Crippen LogP contribution in [0.2, 0.25) is 0 Å². The number of unbranched alkanes of at least 4 members (excludes halogenated alkanes) is 15. The summed E-state index contributed by atoms with van der Waals surface area (Å²) in [4.78, 5) is 46.9. The van der Waals surface area contributed by atoms with E-state index in [-0.39, 0.29) is 31.4 Å². The zero-order valence-electron chi connectivity index (χ0n) is 39.3. The summed E-state index contributed by atoms with van der Waals surface area (Å²) >= 11 is 1.17. The molecule has 0 aromatic rings. The third kappa shape index (κ3) is 40.0. The Kier molecular flexibility index (Phi) is 40.5. The number of aliphatic hydroxyl groups excluding tert-OH is 3. The molecule has 0 heterocycles. The number of phosphoric ester groups is 1. The minimum absolute atomic E-state index is 0.0231. The molecule has 0 saturated heterocycles. The zero-order valence-corrected chi connectivity index (χ0v) is 41.0. The Morgan fingerprint density at radius 3 is 1.94 bits per heavy atom. The summed E-state index contributed by atoms with van der Waals surface area (Å²) in [6.45, 7) is 4.10. The molecule has 16 heteroatoms. The monoisotopic (exact) mass is 948 g/mol. The molecule has 14 nitrogen and oxygen atoms in total. The van der Waals surface area contributed by atoms with Crippen LogP contribution in [0, 0.1) is 5.92 Å². The molecular weight excluding hydrogens is 862 g/mol. The topological polar surface area (TPSA) is 232 Å². The van der Waals surface area contributed by atoms with Crippen LogP contribution in [0.5, 0.6) is 0 Å². The Morgan fingerprint density at radius 2 is 1.33 bits per heavy atom. The van der Waals surface area contributed by atoms with Gasteiger partial charge in [0.25, 0.3) is 0 Å². The van der Waals surface area contributed by atoms with Gasteiger partial charge >= 0.3 is 25.7 Å². The van der Waals surface area contributed by atoms with Crippen LogP contribution in [-0.4, -0.2) is 105 Å². The van der Waals surface area contributed by atoms with E-state index >= 15 is 0 Å². The lowest BCUT2D eigenvalue weighted by Crippen LogP contribution is -2.40. The number of allylic oxidation sites excluding steroid dienone is 7. The number of phosphoric acid groups is 1. The molecule has 0 spiro atoms. The Labute approximate surface area is 389 Å². The molecule has 7 N–H and O–H groups in total. The lowest BCUT2D eigenvalue weighted by molar-refractivity contribution is -0.161. The highest BCUT2D eigenvalue weighted by Crippen LogP contribution is 2.43. The van der Waals surface area contributed by atoms with Gasteiger partial charge in [-0.3, -0.25) is 23.4 Å². The molecule has 0 amide bonds. The van der Waals surface area contributed by atoms with Gasteiger partial charge in [-0.25, -0.2) is 4.57 Å². The van der Waals surface area contributed by atoms with Crippen LogP contribution in [-0.2, 0) is 37.5 Å². The molecule has 0 aliphatic rings. The lowest BCUT2D eigenvalue weighted by Gasteiger charge is -2.23. The molecule has 0 rings (SSSR count). The zero-order chi connectivity index (χ0) is 47.7. The number of carbonyl (C=O) groups excluding carboxylic acids is 2. The van der Waals surface area contributed by atoms with Crippen LogP contribution in [0.4, 0.5) is 0 Å². The van der Waals surface area contributed by atoms with Gasteiger partial charge in [-0.15, -0.1) is 11.8 Å². The molecule has 64 heavy (non-hydrogen) atoms. The third-order valence-electron chi connectivity index (χ3n) is 10.2. The van der Waals surface area contributed by atoms with E-state index in [1.165, 1.54) is 95.2 Å². The quantitative estimate of drug-likeness (QED) is 0.0110. The predicted molar refractivity (Wildman–Crippen MR) is 257 cm³/mol. The van der Waals surface area contributed by atoms with Crippen molar-refractivity contribution in [3.63, 3.8) is 0 Å². The van der Waals surface area contributed by atoms with E-state index < -0.39 is 81.8 Å². The number of carbonyl (C=O) groups is 3. The highest BCUT2D eigenvalue weighted by atomic mass is 32.2. The second-order valence-corrected chi connectivity index (χ2v) is 19.5. The van der Waals surface area contributed by atoms with E-state index in [1.807, 2.05) is 18.2 Å². The molecule has 0 aromatic heterocycles. The number of hydrogen-bond acceptors (Lipinski definition) is 13. The number of esters is 2. The molecule has 0 fully saturated rings. The smallest absolute Gasteiger partial charge is 0.472 e. The number of aliphatic carboxylic acids is 1. The van der Waals surface area contributed by atoms with E-state index in [9.17, 15) is 34.1 Å². The van der Waals surface area contributed by atoms with E-state index in [0.29, 0.717) is 6.42 Å². The Bertz CT molecular complexity index is 1340. The van der Waals surface area contributed by atoms with Gasteiger partial charge in [0.1, 0.15) is 18.8 Å². The van der Waals surface area contributed by atoms with Gasteiger partial charge in [-0.1, -0.05) is 166 Å². The van der Waals surface area contributed by atoms with Gasteiger partial charge < -0.3 is 40.5 Å². The number of nitrogens with two attached hydrogens (primary N) is 1. The fraction of sp³-hybridized carbons (Fsp3) is 0.771. The van der Waals surface area contributed by atoms with Crippen LogP contribution >= 0.6 is 19.6 Å². The van der Waals surface area contributed by atoms with Crippen molar-refractivity contribution in [3.05, 3.63) is 48.6 Å². The van der Waals surface area contributed by atoms with Crippen molar-refractivity contribution in [1.29, 1.82) is 0 Å². The van der Waals surface area contributed by atoms with Crippen molar-refractivity contribution in [2.75, 3.05) is 32.2 Å². The molecule has 0 aliphatic heterocycles. The molecular formula is C48H86NO13PS. The molecule has 0 radical (unpaired) electrons. The van der Waals surface area contributed by atoms with Gasteiger partial charge in [0.05, 0.1) is 25.9 Å². The van der Waals surface area contributed by atoms with Crippen LogP contribution in [0.3, 0.4) is 0 Å². The molecule has 1 unspecified atom stereocenters. The first-order valence-electron chi connectivity index (χ1n) is 23.9. The Morgan fingerprint density at radius 1 is 0.719 bits per heavy atom. The fourth-order valence-corrected chi connectivity index (χ4v) is 8.22. The number of carboxylic acid groups (broad SMARTS) is 1. The fourth-order valence-electron chi connectivity index (χ4n) is 6.31. The van der Waals surface area contributed by atoms with Crippen LogP contribution in [0.15, 0.2) is 48.6 Å². The predicted octanol–water partition coefficient (Wildman–Crippen LogP) is 9.68. The number of thioether (sulfide) groups is 1. The highest BCUT2D eigenvalue weighted by molar-refractivity contribution is 8.00. The Balaban J connectivity index is 5.14. The van der Waals surface area contributed by atoms with Gasteiger partial charge in [0.2, 0.25) is 0 Å². The Hall–Kier alpha value is -2.33. The summed E-state index contributed by atoms with van der Waals surface area (Å²) in [5, 5.41) is 37.9. The van der Waals surface area contributed by atoms with Crippen molar-refractivity contribution in [2.24, 2.45) is 11.7 Å². The second kappa shape index (κ2) is 42.1. The highest BCUT2D eigenvalue weighted by Gasteiger charge is 2.29. The normalized spacial score (nSPS) is 15.6. The van der Waals surface area contributed by atoms with Crippen molar-refractivity contribution in [1.82, 2.24) is 0 Å². The summed E-state index contributed by atoms with van der Waals surface area (Å²) in [6.07, 6.45) is 34.1. The van der Waals surface area contributed by atoms with Crippen molar-refractivity contribution < 1.29 is 62.8 Å². The molecule has 0 aliphatic carbocycles. The molecule has 6 atom stereocenters. The summed E-state index contributed by atoms with van der Waals surface area (Å²) in [7, 11) is -4.78. The SMILES string of the molecule is CCCCC/C=C\C\C=C/C=C/C=C/[C@@H](SC[C@H](N)C(=O)O[C@H](COC(=O)CCCCCCCCCCCCCCCC(C)C)COP(=O)(O)OC[C@@H](O)CO)[C@@H](O)CCCC(=O)O. The van der Waals surface area contributed by atoms with Gasteiger partial charge in [0, 0.05) is 23.8 Å². The number of ether oxygens (including phenoxy) is 2. The van der Waals surface area contributed by atoms with Crippen LogP contribution < -0.4 is 5.73 Å². The van der Waals surface area contributed by atoms with E-state index in [4.69, 9.17) is 34.5 Å². The van der Waals surface area contributed by atoms with Crippen molar-refractivity contribution in [2.45, 2.75) is 198 Å². The number of carboxylic acids is 1. The van der Waals surface area contributed by atoms with E-state index in [2.05, 4.69) is 32.9 Å². The summed E-state index contributed by atoms with van der Waals surface area (Å²) in [5.74, 6) is -1.67. The average molecular weight is 948 g/mol. The summed E-state index contributed by atoms with van der Waals surface area (Å²) in [6, 6.07) is -1.24. The summed E-state index contributed by atoms with van der Waals surface area (Å²) < 4.78 is 32.9. The van der Waals surface area contributed by atoms with E-state index in [0.717, 1.165) is 38.0 Å². The molecule has 372 valence electrons. The third-order valence-corrected chi connectivity index (χ3v) is 12.5. The van der Waals surface area contributed by atoms with Crippen LogP contribution in [0.1, 0.15) is 168 Å². The maximum absolute atomic E-state index is 13.2. The maximum Gasteiger partial charge on any atom is 0.472 e. The van der Waals surface area contributed by atoms with Crippen molar-refractivity contribution >= 4 is 37.5 Å². The van der Waals surface area contributed by atoms with E-state index in [1.54, 1.807) is 18.2 Å². The van der Waals surface area contributed by atoms with Crippen LogP contribution in [0.25, 0.3) is 0 Å². The molecule has 0 bridgehead atoms. The maximum atomic E-state index is 13.2. The van der Waals surface area contributed by atoms with Gasteiger partial charge in [-0.05, 0) is 44.4 Å². The van der Waals surface area contributed by atoms with Crippen molar-refractivity contribution in [3.8, 4) is 0 Å².